The lowest BCUT2D eigenvalue weighted by Crippen LogP contribution is -2.28. The fraction of sp³-hybridized carbons (Fsp3) is 0.222. The molecule has 0 unspecified atom stereocenters. The lowest BCUT2D eigenvalue weighted by Gasteiger charge is -2.14. The van der Waals surface area contributed by atoms with Crippen molar-refractivity contribution < 1.29 is 0 Å². The van der Waals surface area contributed by atoms with Crippen LogP contribution in [0.5, 0.6) is 0 Å². The van der Waals surface area contributed by atoms with Gasteiger partial charge < -0.3 is 5.32 Å². The van der Waals surface area contributed by atoms with Gasteiger partial charge >= 0.3 is 0 Å². The molecule has 0 saturated heterocycles. The van der Waals surface area contributed by atoms with Crippen molar-refractivity contribution in [1.29, 1.82) is 0 Å². The Kier molecular flexibility index (Phi) is 4.46. The van der Waals surface area contributed by atoms with E-state index in [9.17, 15) is 4.79 Å². The number of nitrogens with one attached hydrogen (secondary N) is 1. The van der Waals surface area contributed by atoms with Crippen LogP contribution in [-0.4, -0.2) is 23.1 Å². The van der Waals surface area contributed by atoms with Crippen LogP contribution in [0.15, 0.2) is 47.3 Å². The Morgan fingerprint density at radius 2 is 1.91 bits per heavy atom. The molecule has 23 heavy (non-hydrogen) atoms. The van der Waals surface area contributed by atoms with Crippen LogP contribution in [0.25, 0.3) is 22.3 Å². The Bertz CT molecular complexity index is 901. The van der Waals surface area contributed by atoms with Crippen molar-refractivity contribution in [3.8, 4) is 11.4 Å². The van der Waals surface area contributed by atoms with Crippen molar-refractivity contribution in [2.45, 2.75) is 13.5 Å². The predicted octanol–water partition coefficient (Wildman–Crippen LogP) is 3.24. The lowest BCUT2D eigenvalue weighted by atomic mass is 10.1. The van der Waals surface area contributed by atoms with E-state index in [1.807, 2.05) is 38.2 Å². The number of para-hydroxylation sites is 1. The van der Waals surface area contributed by atoms with Gasteiger partial charge in [-0.2, -0.15) is 0 Å². The molecule has 2 aromatic carbocycles. The number of benzene rings is 2. The molecule has 1 heterocycles. The summed E-state index contributed by atoms with van der Waals surface area (Å²) in [6, 6.07) is 13.3. The Morgan fingerprint density at radius 1 is 1.17 bits per heavy atom. The summed E-state index contributed by atoms with van der Waals surface area (Å²) in [5, 5.41) is 4.12. The maximum Gasteiger partial charge on any atom is 0.261 e. The first-order valence-corrected chi connectivity index (χ1v) is 7.90. The lowest BCUT2D eigenvalue weighted by molar-refractivity contribution is 0.628. The minimum Gasteiger partial charge on any atom is -0.318 e. The van der Waals surface area contributed by atoms with Crippen molar-refractivity contribution in [2.75, 3.05) is 13.6 Å². The van der Waals surface area contributed by atoms with Gasteiger partial charge in [0.15, 0.2) is 0 Å². The number of hydrogen-bond acceptors (Lipinski definition) is 3. The molecule has 4 nitrogen and oxygen atoms in total. The topological polar surface area (TPSA) is 46.9 Å². The third kappa shape index (κ3) is 3.00. The SMILES string of the molecule is CNCCn1c(-c2ccc(C)cc2)nc2c(Cl)cccc2c1=O. The number of nitrogens with zero attached hydrogens (tertiary/aromatic N) is 2. The molecule has 5 heteroatoms. The van der Waals surface area contributed by atoms with Crippen molar-refractivity contribution in [3.63, 3.8) is 0 Å². The van der Waals surface area contributed by atoms with Crippen molar-refractivity contribution in [1.82, 2.24) is 14.9 Å². The second kappa shape index (κ2) is 6.52. The molecule has 1 aromatic heterocycles. The first kappa shape index (κ1) is 15.7. The summed E-state index contributed by atoms with van der Waals surface area (Å²) in [5.41, 5.74) is 2.56. The summed E-state index contributed by atoms with van der Waals surface area (Å²) < 4.78 is 1.71. The monoisotopic (exact) mass is 327 g/mol. The van der Waals surface area contributed by atoms with E-state index in [0.717, 1.165) is 11.1 Å². The molecule has 0 radical (unpaired) electrons. The van der Waals surface area contributed by atoms with Crippen LogP contribution in [0.4, 0.5) is 0 Å². The summed E-state index contributed by atoms with van der Waals surface area (Å²) in [7, 11) is 1.86. The van der Waals surface area contributed by atoms with E-state index in [-0.39, 0.29) is 5.56 Å². The van der Waals surface area contributed by atoms with Crippen LogP contribution in [-0.2, 0) is 6.54 Å². The molecule has 0 atom stereocenters. The van der Waals surface area contributed by atoms with E-state index in [0.29, 0.717) is 34.8 Å². The van der Waals surface area contributed by atoms with E-state index in [2.05, 4.69) is 5.32 Å². The Balaban J connectivity index is 2.31. The number of aromatic nitrogens is 2. The average molecular weight is 328 g/mol. The smallest absolute Gasteiger partial charge is 0.261 e. The number of aryl methyl sites for hydroxylation is 1. The fourth-order valence-corrected chi connectivity index (χ4v) is 2.78. The minimum atomic E-state index is -0.0664. The zero-order valence-electron chi connectivity index (χ0n) is 13.1. The predicted molar refractivity (Wildman–Crippen MR) is 95.1 cm³/mol. The van der Waals surface area contributed by atoms with Gasteiger partial charge in [-0.05, 0) is 26.1 Å². The van der Waals surface area contributed by atoms with Crippen LogP contribution < -0.4 is 10.9 Å². The van der Waals surface area contributed by atoms with Gasteiger partial charge in [-0.3, -0.25) is 9.36 Å². The van der Waals surface area contributed by atoms with Crippen LogP contribution in [0, 0.1) is 6.92 Å². The molecule has 3 aromatic rings. The fourth-order valence-electron chi connectivity index (χ4n) is 2.56. The highest BCUT2D eigenvalue weighted by Gasteiger charge is 2.14. The molecule has 1 N–H and O–H groups in total. The first-order valence-electron chi connectivity index (χ1n) is 7.52. The van der Waals surface area contributed by atoms with Crippen LogP contribution in [0.1, 0.15) is 5.56 Å². The molecule has 0 aliphatic carbocycles. The van der Waals surface area contributed by atoms with Crippen LogP contribution in [0.2, 0.25) is 5.02 Å². The quantitative estimate of drug-likeness (QED) is 0.800. The second-order valence-corrected chi connectivity index (χ2v) is 5.90. The standard InChI is InChI=1S/C18H18ClN3O/c1-12-6-8-13(9-7-12)17-21-16-14(4-3-5-15(16)19)18(23)22(17)11-10-20-2/h3-9,20H,10-11H2,1-2H3. The zero-order valence-corrected chi connectivity index (χ0v) is 13.9. The molecular weight excluding hydrogens is 310 g/mol. The van der Waals surface area contributed by atoms with Gasteiger partial charge in [-0.25, -0.2) is 4.98 Å². The Morgan fingerprint density at radius 3 is 2.61 bits per heavy atom. The van der Waals surface area contributed by atoms with Gasteiger partial charge in [0.1, 0.15) is 5.82 Å². The van der Waals surface area contributed by atoms with E-state index in [4.69, 9.17) is 16.6 Å². The van der Waals surface area contributed by atoms with Crippen molar-refractivity contribution in [3.05, 3.63) is 63.4 Å². The van der Waals surface area contributed by atoms with E-state index < -0.39 is 0 Å². The van der Waals surface area contributed by atoms with Gasteiger partial charge in [0.25, 0.3) is 5.56 Å². The number of fused-ring (bicyclic) bond motifs is 1. The van der Waals surface area contributed by atoms with Gasteiger partial charge in [0.2, 0.25) is 0 Å². The maximum atomic E-state index is 12.9. The molecular formula is C18H18ClN3O. The first-order chi connectivity index (χ1) is 11.1. The average Bonchev–Trinajstić information content (AvgIpc) is 2.55. The largest absolute Gasteiger partial charge is 0.318 e. The summed E-state index contributed by atoms with van der Waals surface area (Å²) in [4.78, 5) is 17.6. The molecule has 118 valence electrons. The maximum absolute atomic E-state index is 12.9. The molecule has 0 bridgehead atoms. The highest BCUT2D eigenvalue weighted by atomic mass is 35.5. The number of hydrogen-bond donors (Lipinski definition) is 1. The number of likely N-dealkylation sites (N-methyl/N-ethyl adjacent to an activating group) is 1. The normalized spacial score (nSPS) is 11.1. The zero-order chi connectivity index (χ0) is 16.4. The van der Waals surface area contributed by atoms with Gasteiger partial charge in [-0.15, -0.1) is 0 Å². The van der Waals surface area contributed by atoms with E-state index in [1.165, 1.54) is 0 Å². The summed E-state index contributed by atoms with van der Waals surface area (Å²) in [5.74, 6) is 0.644. The van der Waals surface area contributed by atoms with Crippen LogP contribution >= 0.6 is 11.6 Å². The number of halogens is 1. The summed E-state index contributed by atoms with van der Waals surface area (Å²) in [6.45, 7) is 3.27. The second-order valence-electron chi connectivity index (χ2n) is 5.50. The third-order valence-electron chi connectivity index (χ3n) is 3.83. The van der Waals surface area contributed by atoms with E-state index >= 15 is 0 Å². The summed E-state index contributed by atoms with van der Waals surface area (Å²) >= 11 is 6.25. The minimum absolute atomic E-state index is 0.0664. The van der Waals surface area contributed by atoms with Gasteiger partial charge in [0, 0.05) is 18.7 Å². The van der Waals surface area contributed by atoms with Crippen molar-refractivity contribution >= 4 is 22.5 Å². The Labute approximate surface area is 139 Å². The Hall–Kier alpha value is -2.17. The van der Waals surface area contributed by atoms with Gasteiger partial charge in [0.05, 0.1) is 15.9 Å². The number of rotatable bonds is 4. The molecule has 0 aliphatic heterocycles. The van der Waals surface area contributed by atoms with E-state index in [1.54, 1.807) is 22.8 Å². The molecule has 0 fully saturated rings. The van der Waals surface area contributed by atoms with Gasteiger partial charge in [-0.1, -0.05) is 47.5 Å². The summed E-state index contributed by atoms with van der Waals surface area (Å²) in [6.07, 6.45) is 0. The highest BCUT2D eigenvalue weighted by Crippen LogP contribution is 2.23. The molecule has 3 rings (SSSR count). The van der Waals surface area contributed by atoms with Crippen molar-refractivity contribution in [2.24, 2.45) is 0 Å². The molecule has 0 aliphatic rings. The third-order valence-corrected chi connectivity index (χ3v) is 4.14. The highest BCUT2D eigenvalue weighted by molar-refractivity contribution is 6.35. The van der Waals surface area contributed by atoms with Crippen LogP contribution in [0.3, 0.4) is 0 Å². The molecule has 0 spiro atoms. The molecule has 0 saturated carbocycles. The molecule has 0 amide bonds.